The molecule has 3 aromatic rings. The molecule has 2 aromatic heterocycles. The number of nitrogens with zero attached hydrogens (tertiary/aromatic N) is 3. The summed E-state index contributed by atoms with van der Waals surface area (Å²) < 4.78 is 0. The van der Waals surface area contributed by atoms with Crippen molar-refractivity contribution in [1.82, 2.24) is 15.0 Å². The van der Waals surface area contributed by atoms with Gasteiger partial charge in [0.1, 0.15) is 5.69 Å². The van der Waals surface area contributed by atoms with Crippen LogP contribution in [0.5, 0.6) is 0 Å². The number of anilines is 1. The zero-order chi connectivity index (χ0) is 16.2. The highest BCUT2D eigenvalue weighted by Crippen LogP contribution is 2.21. The lowest BCUT2D eigenvalue weighted by Gasteiger charge is -2.07. The third-order valence-electron chi connectivity index (χ3n) is 3.05. The van der Waals surface area contributed by atoms with Gasteiger partial charge in [0.15, 0.2) is 16.6 Å². The molecule has 23 heavy (non-hydrogen) atoms. The first-order valence-corrected chi connectivity index (χ1v) is 7.67. The summed E-state index contributed by atoms with van der Waals surface area (Å²) in [4.78, 5) is 36.4. The molecule has 7 heteroatoms. The maximum absolute atomic E-state index is 12.3. The normalized spacial score (nSPS) is 10.3. The molecule has 0 aliphatic heterocycles. The van der Waals surface area contributed by atoms with Gasteiger partial charge in [-0.15, -0.1) is 11.3 Å². The van der Waals surface area contributed by atoms with E-state index in [4.69, 9.17) is 0 Å². The van der Waals surface area contributed by atoms with E-state index in [0.29, 0.717) is 22.1 Å². The molecule has 114 valence electrons. The lowest BCUT2D eigenvalue weighted by atomic mass is 10.1. The highest BCUT2D eigenvalue weighted by molar-refractivity contribution is 7.13. The van der Waals surface area contributed by atoms with Crippen LogP contribution in [0, 0.1) is 0 Å². The van der Waals surface area contributed by atoms with Gasteiger partial charge in [0.2, 0.25) is 0 Å². The van der Waals surface area contributed by atoms with Gasteiger partial charge in [0.05, 0.1) is 5.69 Å². The predicted molar refractivity (Wildman–Crippen MR) is 87.5 cm³/mol. The maximum Gasteiger partial charge on any atom is 0.275 e. The van der Waals surface area contributed by atoms with E-state index in [1.54, 1.807) is 48.1 Å². The first-order valence-electron chi connectivity index (χ1n) is 6.79. The fourth-order valence-corrected chi connectivity index (χ4v) is 2.72. The molecule has 1 aromatic carbocycles. The van der Waals surface area contributed by atoms with Gasteiger partial charge in [0.25, 0.3) is 5.91 Å². The molecule has 1 N–H and O–H groups in total. The van der Waals surface area contributed by atoms with E-state index in [1.807, 2.05) is 0 Å². The molecular formula is C16H12N4O2S. The van der Waals surface area contributed by atoms with Crippen molar-refractivity contribution in [2.75, 3.05) is 5.32 Å². The minimum absolute atomic E-state index is 0.113. The summed E-state index contributed by atoms with van der Waals surface area (Å²) in [5.41, 5.74) is 1.19. The predicted octanol–water partition coefficient (Wildman–Crippen LogP) is 3.06. The zero-order valence-corrected chi connectivity index (χ0v) is 13.0. The van der Waals surface area contributed by atoms with Crippen molar-refractivity contribution < 1.29 is 9.59 Å². The summed E-state index contributed by atoms with van der Waals surface area (Å²) in [6.45, 7) is 1.46. The van der Waals surface area contributed by atoms with Gasteiger partial charge < -0.3 is 5.32 Å². The van der Waals surface area contributed by atoms with Gasteiger partial charge in [0, 0.05) is 23.3 Å². The van der Waals surface area contributed by atoms with Crippen LogP contribution in [0.4, 0.5) is 5.69 Å². The van der Waals surface area contributed by atoms with E-state index >= 15 is 0 Å². The Morgan fingerprint density at radius 2 is 1.83 bits per heavy atom. The van der Waals surface area contributed by atoms with Crippen molar-refractivity contribution in [2.24, 2.45) is 0 Å². The second kappa shape index (κ2) is 6.45. The minimum atomic E-state index is -0.378. The monoisotopic (exact) mass is 324 g/mol. The Labute approximate surface area is 136 Å². The lowest BCUT2D eigenvalue weighted by molar-refractivity contribution is 0.101. The number of amides is 1. The van der Waals surface area contributed by atoms with Crippen molar-refractivity contribution in [1.29, 1.82) is 0 Å². The van der Waals surface area contributed by atoms with Crippen molar-refractivity contribution in [2.45, 2.75) is 6.92 Å². The van der Waals surface area contributed by atoms with E-state index in [0.717, 1.165) is 0 Å². The van der Waals surface area contributed by atoms with Gasteiger partial charge in [-0.05, 0) is 25.1 Å². The molecular weight excluding hydrogens is 312 g/mol. The Bertz CT molecular complexity index is 861. The third kappa shape index (κ3) is 3.29. The number of ketones is 1. The molecule has 1 amide bonds. The molecule has 0 aliphatic carbocycles. The van der Waals surface area contributed by atoms with E-state index in [-0.39, 0.29) is 17.4 Å². The summed E-state index contributed by atoms with van der Waals surface area (Å²) in [6.07, 6.45) is 3.24. The SMILES string of the molecule is CC(=O)c1ccccc1NC(=O)c1csc(-c2ncccn2)n1. The molecule has 0 saturated carbocycles. The number of rotatable bonds is 4. The van der Waals surface area contributed by atoms with E-state index in [9.17, 15) is 9.59 Å². The molecule has 0 bridgehead atoms. The van der Waals surface area contributed by atoms with Gasteiger partial charge >= 0.3 is 0 Å². The average molecular weight is 324 g/mol. The number of carbonyl (C=O) groups is 2. The molecule has 3 rings (SSSR count). The highest BCUT2D eigenvalue weighted by Gasteiger charge is 2.15. The van der Waals surface area contributed by atoms with Gasteiger partial charge in [-0.1, -0.05) is 12.1 Å². The molecule has 6 nitrogen and oxygen atoms in total. The minimum Gasteiger partial charge on any atom is -0.320 e. The van der Waals surface area contributed by atoms with Crippen LogP contribution in [0.25, 0.3) is 10.8 Å². The number of Topliss-reactive ketones (excluding diaryl/α,β-unsaturated/α-hetero) is 1. The maximum atomic E-state index is 12.3. The van der Waals surface area contributed by atoms with Gasteiger partial charge in [-0.2, -0.15) is 0 Å². The number of hydrogen-bond donors (Lipinski definition) is 1. The van der Waals surface area contributed by atoms with Crippen LogP contribution in [0.15, 0.2) is 48.1 Å². The molecule has 0 radical (unpaired) electrons. The summed E-state index contributed by atoms with van der Waals surface area (Å²) in [7, 11) is 0. The van der Waals surface area contributed by atoms with E-state index in [1.165, 1.54) is 18.3 Å². The molecule has 2 heterocycles. The van der Waals surface area contributed by atoms with Crippen LogP contribution in [0.2, 0.25) is 0 Å². The number of benzene rings is 1. The number of para-hydroxylation sites is 1. The largest absolute Gasteiger partial charge is 0.320 e. The number of nitrogens with one attached hydrogen (secondary N) is 1. The Morgan fingerprint density at radius 3 is 2.57 bits per heavy atom. The number of carbonyl (C=O) groups excluding carboxylic acids is 2. The molecule has 0 saturated heterocycles. The highest BCUT2D eigenvalue weighted by atomic mass is 32.1. The first-order chi connectivity index (χ1) is 11.1. The molecule has 0 aliphatic rings. The Balaban J connectivity index is 1.83. The number of thiazole rings is 1. The van der Waals surface area contributed by atoms with Crippen LogP contribution in [0.1, 0.15) is 27.8 Å². The first kappa shape index (κ1) is 15.0. The fourth-order valence-electron chi connectivity index (χ4n) is 1.98. The Kier molecular flexibility index (Phi) is 4.20. The third-order valence-corrected chi connectivity index (χ3v) is 3.89. The van der Waals surface area contributed by atoms with Crippen molar-refractivity contribution in [3.8, 4) is 10.8 Å². The van der Waals surface area contributed by atoms with E-state index in [2.05, 4.69) is 20.3 Å². The van der Waals surface area contributed by atoms with Crippen LogP contribution in [-0.2, 0) is 0 Å². The summed E-state index contributed by atoms with van der Waals surface area (Å²) in [5.74, 6) is -0.0182. The van der Waals surface area contributed by atoms with Crippen molar-refractivity contribution >= 4 is 28.7 Å². The van der Waals surface area contributed by atoms with E-state index < -0.39 is 0 Å². The van der Waals surface area contributed by atoms with Gasteiger partial charge in [-0.3, -0.25) is 9.59 Å². The Morgan fingerprint density at radius 1 is 1.09 bits per heavy atom. The quantitative estimate of drug-likeness (QED) is 0.746. The molecule has 0 atom stereocenters. The van der Waals surface area contributed by atoms with Crippen molar-refractivity contribution in [3.63, 3.8) is 0 Å². The zero-order valence-electron chi connectivity index (χ0n) is 12.2. The van der Waals surface area contributed by atoms with Crippen LogP contribution >= 0.6 is 11.3 Å². The topological polar surface area (TPSA) is 84.8 Å². The summed E-state index contributed by atoms with van der Waals surface area (Å²) in [5, 5.41) is 4.92. The fraction of sp³-hybridized carbons (Fsp3) is 0.0625. The smallest absolute Gasteiger partial charge is 0.275 e. The Hall–Kier alpha value is -2.93. The van der Waals surface area contributed by atoms with Crippen molar-refractivity contribution in [3.05, 3.63) is 59.4 Å². The number of hydrogen-bond acceptors (Lipinski definition) is 6. The average Bonchev–Trinajstić information content (AvgIpc) is 3.06. The summed E-state index contributed by atoms with van der Waals surface area (Å²) in [6, 6.07) is 8.57. The summed E-state index contributed by atoms with van der Waals surface area (Å²) >= 11 is 1.29. The lowest BCUT2D eigenvalue weighted by Crippen LogP contribution is -2.14. The molecule has 0 spiro atoms. The van der Waals surface area contributed by atoms with Crippen LogP contribution < -0.4 is 5.32 Å². The number of aromatic nitrogens is 3. The second-order valence-corrected chi connectivity index (χ2v) is 5.52. The molecule has 0 unspecified atom stereocenters. The van der Waals surface area contributed by atoms with Crippen LogP contribution in [0.3, 0.4) is 0 Å². The standard InChI is InChI=1S/C16H12N4O2S/c1-10(21)11-5-2-3-6-12(11)19-15(22)13-9-23-16(20-13)14-17-7-4-8-18-14/h2-9H,1H3,(H,19,22). The van der Waals surface area contributed by atoms with Crippen LogP contribution in [-0.4, -0.2) is 26.6 Å². The molecule has 0 fully saturated rings. The second-order valence-electron chi connectivity index (χ2n) is 4.67. The van der Waals surface area contributed by atoms with Gasteiger partial charge in [-0.25, -0.2) is 15.0 Å².